The molecule has 0 aromatic heterocycles. The van der Waals surface area contributed by atoms with Gasteiger partial charge in [0.15, 0.2) is 0 Å². The molecule has 0 aromatic rings. The average Bonchev–Trinajstić information content (AvgIpc) is 2.29. The van der Waals surface area contributed by atoms with E-state index in [0.717, 1.165) is 11.8 Å². The standard InChI is InChI=1S/C6H12N2/c1-8-2-4-5(3-8)6(4)7/h4-6H,2-3,7H2,1H3/t4-,5?,6?/m1/s1. The van der Waals surface area contributed by atoms with E-state index in [4.69, 9.17) is 5.73 Å². The van der Waals surface area contributed by atoms with E-state index >= 15 is 0 Å². The molecule has 2 N–H and O–H groups in total. The summed E-state index contributed by atoms with van der Waals surface area (Å²) in [6.07, 6.45) is 0. The highest BCUT2D eigenvalue weighted by atomic mass is 15.2. The topological polar surface area (TPSA) is 29.3 Å². The highest BCUT2D eigenvalue weighted by molar-refractivity contribution is 5.07. The van der Waals surface area contributed by atoms with Gasteiger partial charge in [0.1, 0.15) is 0 Å². The molecule has 0 radical (unpaired) electrons. The number of fused-ring (bicyclic) bond motifs is 1. The summed E-state index contributed by atoms with van der Waals surface area (Å²) in [5.74, 6) is 1.72. The predicted octanol–water partition coefficient (Wildman–Crippen LogP) is -0.495. The van der Waals surface area contributed by atoms with Crippen LogP contribution in [0.25, 0.3) is 0 Å². The number of hydrogen-bond donors (Lipinski definition) is 1. The largest absolute Gasteiger partial charge is 0.327 e. The van der Waals surface area contributed by atoms with Gasteiger partial charge in [0.05, 0.1) is 0 Å². The van der Waals surface area contributed by atoms with Crippen LogP contribution in [-0.2, 0) is 0 Å². The SMILES string of the molecule is CN1CC2C(N)[C@@H]2C1. The van der Waals surface area contributed by atoms with Crippen LogP contribution in [0, 0.1) is 11.8 Å². The fourth-order valence-corrected chi connectivity index (χ4v) is 1.78. The number of likely N-dealkylation sites (tertiary alicyclic amines) is 1. The molecule has 0 spiro atoms. The van der Waals surface area contributed by atoms with Crippen LogP contribution < -0.4 is 5.73 Å². The molecule has 2 nitrogen and oxygen atoms in total. The van der Waals surface area contributed by atoms with Crippen molar-refractivity contribution in [2.75, 3.05) is 20.1 Å². The molecule has 0 bridgehead atoms. The highest BCUT2D eigenvalue weighted by Gasteiger charge is 2.52. The van der Waals surface area contributed by atoms with E-state index in [9.17, 15) is 0 Å². The Labute approximate surface area is 49.7 Å². The summed E-state index contributed by atoms with van der Waals surface area (Å²) in [4.78, 5) is 2.36. The van der Waals surface area contributed by atoms with Crippen LogP contribution in [0.5, 0.6) is 0 Å². The lowest BCUT2D eigenvalue weighted by Crippen LogP contribution is -2.24. The van der Waals surface area contributed by atoms with Crippen LogP contribution in [-0.4, -0.2) is 31.1 Å². The lowest BCUT2D eigenvalue weighted by atomic mass is 10.4. The van der Waals surface area contributed by atoms with Crippen LogP contribution in [0.15, 0.2) is 0 Å². The molecule has 2 unspecified atom stereocenters. The first kappa shape index (κ1) is 4.77. The quantitative estimate of drug-likeness (QED) is 0.458. The summed E-state index contributed by atoms with van der Waals surface area (Å²) in [5, 5.41) is 0. The van der Waals surface area contributed by atoms with Crippen LogP contribution in [0.1, 0.15) is 0 Å². The summed E-state index contributed by atoms with van der Waals surface area (Å²) in [7, 11) is 2.17. The number of piperidine rings is 1. The van der Waals surface area contributed by atoms with Crippen molar-refractivity contribution < 1.29 is 0 Å². The molecule has 8 heavy (non-hydrogen) atoms. The van der Waals surface area contributed by atoms with Crippen molar-refractivity contribution >= 4 is 0 Å². The van der Waals surface area contributed by atoms with Crippen molar-refractivity contribution in [3.8, 4) is 0 Å². The van der Waals surface area contributed by atoms with E-state index < -0.39 is 0 Å². The van der Waals surface area contributed by atoms with E-state index in [-0.39, 0.29) is 0 Å². The Bertz CT molecular complexity index is 101. The zero-order valence-electron chi connectivity index (χ0n) is 5.17. The minimum Gasteiger partial charge on any atom is -0.327 e. The van der Waals surface area contributed by atoms with E-state index in [2.05, 4.69) is 11.9 Å². The fraction of sp³-hybridized carbons (Fsp3) is 1.00. The van der Waals surface area contributed by atoms with Crippen LogP contribution in [0.2, 0.25) is 0 Å². The molecule has 2 rings (SSSR count). The first-order valence-corrected chi connectivity index (χ1v) is 3.23. The summed E-state index contributed by atoms with van der Waals surface area (Å²) in [6, 6.07) is 0.561. The van der Waals surface area contributed by atoms with Crippen LogP contribution >= 0.6 is 0 Å². The molecular weight excluding hydrogens is 100 g/mol. The minimum absolute atomic E-state index is 0.561. The molecule has 46 valence electrons. The summed E-state index contributed by atoms with van der Waals surface area (Å²) < 4.78 is 0. The van der Waals surface area contributed by atoms with Gasteiger partial charge in [0.25, 0.3) is 0 Å². The predicted molar refractivity (Wildman–Crippen MR) is 32.5 cm³/mol. The highest BCUT2D eigenvalue weighted by Crippen LogP contribution is 2.42. The Hall–Kier alpha value is -0.0800. The summed E-state index contributed by atoms with van der Waals surface area (Å²) >= 11 is 0. The van der Waals surface area contributed by atoms with Gasteiger partial charge in [-0.2, -0.15) is 0 Å². The molecule has 1 saturated heterocycles. The molecule has 0 aromatic carbocycles. The van der Waals surface area contributed by atoms with Crippen molar-refractivity contribution in [2.24, 2.45) is 17.6 Å². The van der Waals surface area contributed by atoms with Gasteiger partial charge in [-0.1, -0.05) is 0 Å². The third kappa shape index (κ3) is 0.446. The van der Waals surface area contributed by atoms with Gasteiger partial charge < -0.3 is 10.6 Å². The van der Waals surface area contributed by atoms with E-state index in [1.807, 2.05) is 0 Å². The first-order chi connectivity index (χ1) is 3.79. The van der Waals surface area contributed by atoms with Gasteiger partial charge in [0.2, 0.25) is 0 Å². The Morgan fingerprint density at radius 1 is 1.38 bits per heavy atom. The van der Waals surface area contributed by atoms with Gasteiger partial charge in [-0.05, 0) is 18.9 Å². The normalized spacial score (nSPS) is 54.0. The van der Waals surface area contributed by atoms with E-state index in [0.29, 0.717) is 6.04 Å². The lowest BCUT2D eigenvalue weighted by Gasteiger charge is -2.09. The number of hydrogen-bond acceptors (Lipinski definition) is 2. The molecule has 1 heterocycles. The van der Waals surface area contributed by atoms with Gasteiger partial charge in [-0.3, -0.25) is 0 Å². The van der Waals surface area contributed by atoms with Crippen molar-refractivity contribution in [3.63, 3.8) is 0 Å². The smallest absolute Gasteiger partial charge is 0.0127 e. The third-order valence-electron chi connectivity index (χ3n) is 2.44. The van der Waals surface area contributed by atoms with Crippen molar-refractivity contribution in [3.05, 3.63) is 0 Å². The maximum absolute atomic E-state index is 5.71. The molecule has 2 heteroatoms. The number of nitrogens with two attached hydrogens (primary N) is 1. The molecule has 0 amide bonds. The second kappa shape index (κ2) is 1.25. The Morgan fingerprint density at radius 3 is 2.25 bits per heavy atom. The summed E-state index contributed by atoms with van der Waals surface area (Å²) in [5.41, 5.74) is 5.71. The molecule has 2 aliphatic rings. The van der Waals surface area contributed by atoms with Crippen molar-refractivity contribution in [1.29, 1.82) is 0 Å². The Morgan fingerprint density at radius 2 is 1.88 bits per heavy atom. The van der Waals surface area contributed by atoms with Gasteiger partial charge in [-0.15, -0.1) is 0 Å². The van der Waals surface area contributed by atoms with Crippen molar-refractivity contribution in [2.45, 2.75) is 6.04 Å². The molecular formula is C6H12N2. The molecule has 1 aliphatic carbocycles. The molecule has 3 atom stereocenters. The molecule has 1 saturated carbocycles. The number of nitrogens with zero attached hydrogens (tertiary/aromatic N) is 1. The zero-order valence-corrected chi connectivity index (χ0v) is 5.17. The van der Waals surface area contributed by atoms with Crippen LogP contribution in [0.3, 0.4) is 0 Å². The fourth-order valence-electron chi connectivity index (χ4n) is 1.78. The second-order valence-electron chi connectivity index (χ2n) is 3.13. The van der Waals surface area contributed by atoms with Gasteiger partial charge in [-0.25, -0.2) is 0 Å². The monoisotopic (exact) mass is 112 g/mol. The van der Waals surface area contributed by atoms with Crippen LogP contribution in [0.4, 0.5) is 0 Å². The maximum atomic E-state index is 5.71. The average molecular weight is 112 g/mol. The first-order valence-electron chi connectivity index (χ1n) is 3.23. The Kier molecular flexibility index (Phi) is 0.746. The second-order valence-corrected chi connectivity index (χ2v) is 3.13. The molecule has 2 fully saturated rings. The summed E-state index contributed by atoms with van der Waals surface area (Å²) in [6.45, 7) is 2.48. The van der Waals surface area contributed by atoms with E-state index in [1.165, 1.54) is 13.1 Å². The maximum Gasteiger partial charge on any atom is 0.0127 e. The van der Waals surface area contributed by atoms with Crippen molar-refractivity contribution in [1.82, 2.24) is 4.90 Å². The minimum atomic E-state index is 0.561. The van der Waals surface area contributed by atoms with Gasteiger partial charge in [0, 0.05) is 19.1 Å². The Balaban J connectivity index is 2.00. The molecule has 1 aliphatic heterocycles. The lowest BCUT2D eigenvalue weighted by molar-refractivity contribution is 0.362. The zero-order chi connectivity index (χ0) is 5.72. The number of rotatable bonds is 0. The van der Waals surface area contributed by atoms with Gasteiger partial charge >= 0.3 is 0 Å². The van der Waals surface area contributed by atoms with E-state index in [1.54, 1.807) is 0 Å². The third-order valence-corrected chi connectivity index (χ3v) is 2.44.